The number of nitrogens with one attached hydrogen (secondary N) is 1. The Kier molecular flexibility index (Phi) is 5.76. The van der Waals surface area contributed by atoms with Crippen LogP contribution in [0.3, 0.4) is 0 Å². The normalized spacial score (nSPS) is 12.2. The molecule has 0 amide bonds. The topological polar surface area (TPSA) is 34.1 Å². The zero-order chi connectivity index (χ0) is 15.2. The van der Waals surface area contributed by atoms with E-state index in [2.05, 4.69) is 52.2 Å². The zero-order valence-electron chi connectivity index (χ0n) is 12.7. The Balaban J connectivity index is 2.14. The fourth-order valence-electron chi connectivity index (χ4n) is 2.04. The molecule has 0 aliphatic rings. The molecule has 2 aromatic rings. The van der Waals surface area contributed by atoms with Gasteiger partial charge in [0, 0.05) is 12.2 Å². The van der Waals surface area contributed by atoms with Crippen molar-refractivity contribution in [1.82, 2.24) is 10.3 Å². The highest BCUT2D eigenvalue weighted by molar-refractivity contribution is 9.10. The first kappa shape index (κ1) is 16.0. The second-order valence-electron chi connectivity index (χ2n) is 5.05. The molecule has 1 unspecified atom stereocenters. The van der Waals surface area contributed by atoms with Crippen LogP contribution >= 0.6 is 15.9 Å². The minimum absolute atomic E-state index is 0.329. The number of aromatic nitrogens is 1. The van der Waals surface area contributed by atoms with Crippen LogP contribution in [-0.2, 0) is 0 Å². The average Bonchev–Trinajstić information content (AvgIpc) is 2.49. The molecule has 112 valence electrons. The minimum atomic E-state index is 0.329. The van der Waals surface area contributed by atoms with Crippen molar-refractivity contribution in [2.24, 2.45) is 0 Å². The van der Waals surface area contributed by atoms with Gasteiger partial charge >= 0.3 is 0 Å². The van der Waals surface area contributed by atoms with Crippen LogP contribution in [0.2, 0.25) is 0 Å². The van der Waals surface area contributed by atoms with Crippen LogP contribution in [0.4, 0.5) is 0 Å². The number of pyridine rings is 1. The Labute approximate surface area is 134 Å². The summed E-state index contributed by atoms with van der Waals surface area (Å²) in [5.74, 6) is 1.58. The van der Waals surface area contributed by atoms with E-state index in [0.717, 1.165) is 34.6 Å². The van der Waals surface area contributed by atoms with Gasteiger partial charge in [-0.25, -0.2) is 0 Å². The molecule has 21 heavy (non-hydrogen) atoms. The van der Waals surface area contributed by atoms with E-state index in [9.17, 15) is 0 Å². The maximum atomic E-state index is 5.93. The van der Waals surface area contributed by atoms with Crippen LogP contribution in [0.5, 0.6) is 11.5 Å². The van der Waals surface area contributed by atoms with E-state index in [1.165, 1.54) is 5.56 Å². The van der Waals surface area contributed by atoms with Crippen LogP contribution in [0.25, 0.3) is 0 Å². The van der Waals surface area contributed by atoms with E-state index in [0.29, 0.717) is 6.04 Å². The highest BCUT2D eigenvalue weighted by Gasteiger charge is 2.09. The van der Waals surface area contributed by atoms with Gasteiger partial charge in [-0.3, -0.25) is 4.98 Å². The molecule has 3 nitrogen and oxygen atoms in total. The number of halogens is 1. The van der Waals surface area contributed by atoms with Gasteiger partial charge in [-0.05, 0) is 72.6 Å². The summed E-state index contributed by atoms with van der Waals surface area (Å²) >= 11 is 3.59. The molecule has 4 heteroatoms. The first-order valence-electron chi connectivity index (χ1n) is 7.24. The molecule has 1 heterocycles. The lowest BCUT2D eigenvalue weighted by Gasteiger charge is -2.16. The van der Waals surface area contributed by atoms with Gasteiger partial charge in [0.15, 0.2) is 0 Å². The van der Waals surface area contributed by atoms with E-state index in [1.807, 2.05) is 25.1 Å². The summed E-state index contributed by atoms with van der Waals surface area (Å²) in [4.78, 5) is 4.23. The predicted molar refractivity (Wildman–Crippen MR) is 89.9 cm³/mol. The highest BCUT2D eigenvalue weighted by atomic mass is 79.9. The standard InChI is InChI=1S/C17H21BrN2O/c1-4-9-19-12(2)14-7-8-17(15(18)11-14)21-16-6-5-10-20-13(16)3/h5-8,10-12,19H,4,9H2,1-3H3. The summed E-state index contributed by atoms with van der Waals surface area (Å²) < 4.78 is 6.88. The maximum Gasteiger partial charge on any atom is 0.148 e. The molecule has 0 fully saturated rings. The largest absolute Gasteiger partial charge is 0.454 e. The van der Waals surface area contributed by atoms with Gasteiger partial charge in [-0.1, -0.05) is 13.0 Å². The zero-order valence-corrected chi connectivity index (χ0v) is 14.3. The molecule has 0 saturated heterocycles. The van der Waals surface area contributed by atoms with Crippen molar-refractivity contribution >= 4 is 15.9 Å². The number of nitrogens with zero attached hydrogens (tertiary/aromatic N) is 1. The van der Waals surface area contributed by atoms with Crippen LogP contribution in [0.1, 0.15) is 37.6 Å². The van der Waals surface area contributed by atoms with Crippen LogP contribution in [0, 0.1) is 6.92 Å². The Morgan fingerprint density at radius 1 is 1.29 bits per heavy atom. The van der Waals surface area contributed by atoms with Gasteiger partial charge in [0.2, 0.25) is 0 Å². The van der Waals surface area contributed by atoms with Crippen molar-refractivity contribution in [2.75, 3.05) is 6.54 Å². The summed E-state index contributed by atoms with van der Waals surface area (Å²) in [6.45, 7) is 7.30. The fourth-order valence-corrected chi connectivity index (χ4v) is 2.52. The first-order chi connectivity index (χ1) is 10.1. The van der Waals surface area contributed by atoms with E-state index in [-0.39, 0.29) is 0 Å². The Morgan fingerprint density at radius 2 is 2.10 bits per heavy atom. The summed E-state index contributed by atoms with van der Waals surface area (Å²) in [7, 11) is 0. The van der Waals surface area contributed by atoms with Crippen LogP contribution in [0.15, 0.2) is 41.0 Å². The van der Waals surface area contributed by atoms with Crippen molar-refractivity contribution in [1.29, 1.82) is 0 Å². The second-order valence-corrected chi connectivity index (χ2v) is 5.91. The summed E-state index contributed by atoms with van der Waals surface area (Å²) in [5.41, 5.74) is 2.12. The lowest BCUT2D eigenvalue weighted by molar-refractivity contribution is 0.472. The molecular formula is C17H21BrN2O. The highest BCUT2D eigenvalue weighted by Crippen LogP contribution is 2.32. The minimum Gasteiger partial charge on any atom is -0.454 e. The van der Waals surface area contributed by atoms with Gasteiger partial charge < -0.3 is 10.1 Å². The molecule has 0 saturated carbocycles. The molecule has 0 bridgehead atoms. The maximum absolute atomic E-state index is 5.93. The van der Waals surface area contributed by atoms with E-state index >= 15 is 0 Å². The molecule has 2 rings (SSSR count). The third kappa shape index (κ3) is 4.29. The van der Waals surface area contributed by atoms with Gasteiger partial charge in [-0.2, -0.15) is 0 Å². The first-order valence-corrected chi connectivity index (χ1v) is 8.03. The van der Waals surface area contributed by atoms with Crippen molar-refractivity contribution in [3.8, 4) is 11.5 Å². The van der Waals surface area contributed by atoms with Gasteiger partial charge in [0.1, 0.15) is 11.5 Å². The summed E-state index contributed by atoms with van der Waals surface area (Å²) in [5, 5.41) is 3.48. The molecular weight excluding hydrogens is 328 g/mol. The van der Waals surface area contributed by atoms with E-state index in [4.69, 9.17) is 4.74 Å². The quantitative estimate of drug-likeness (QED) is 0.796. The fraction of sp³-hybridized carbons (Fsp3) is 0.353. The molecule has 1 aromatic carbocycles. The lowest BCUT2D eigenvalue weighted by atomic mass is 10.1. The Morgan fingerprint density at radius 3 is 2.76 bits per heavy atom. The second kappa shape index (κ2) is 7.57. The Bertz CT molecular complexity index is 601. The smallest absolute Gasteiger partial charge is 0.148 e. The summed E-state index contributed by atoms with van der Waals surface area (Å²) in [6.07, 6.45) is 2.90. The lowest BCUT2D eigenvalue weighted by Crippen LogP contribution is -2.19. The van der Waals surface area contributed by atoms with Crippen LogP contribution < -0.4 is 10.1 Å². The summed E-state index contributed by atoms with van der Waals surface area (Å²) in [6, 6.07) is 10.3. The molecule has 0 radical (unpaired) electrons. The van der Waals surface area contributed by atoms with Crippen molar-refractivity contribution in [3.05, 3.63) is 52.3 Å². The molecule has 0 spiro atoms. The van der Waals surface area contributed by atoms with Gasteiger partial charge in [0.05, 0.1) is 10.2 Å². The molecule has 0 aliphatic carbocycles. The number of aryl methyl sites for hydroxylation is 1. The SMILES string of the molecule is CCCNC(C)c1ccc(Oc2cccnc2C)c(Br)c1. The number of benzene rings is 1. The van der Waals surface area contributed by atoms with Crippen molar-refractivity contribution in [2.45, 2.75) is 33.2 Å². The molecule has 1 atom stereocenters. The number of hydrogen-bond acceptors (Lipinski definition) is 3. The van der Waals surface area contributed by atoms with Crippen LogP contribution in [-0.4, -0.2) is 11.5 Å². The average molecular weight is 349 g/mol. The number of rotatable bonds is 6. The molecule has 0 aliphatic heterocycles. The van der Waals surface area contributed by atoms with E-state index in [1.54, 1.807) is 6.20 Å². The monoisotopic (exact) mass is 348 g/mol. The molecule has 1 N–H and O–H groups in total. The van der Waals surface area contributed by atoms with E-state index < -0.39 is 0 Å². The van der Waals surface area contributed by atoms with Gasteiger partial charge in [-0.15, -0.1) is 0 Å². The third-order valence-corrected chi connectivity index (χ3v) is 3.95. The molecule has 1 aromatic heterocycles. The Hall–Kier alpha value is -1.39. The predicted octanol–water partition coefficient (Wildman–Crippen LogP) is 5.01. The number of hydrogen-bond donors (Lipinski definition) is 1. The van der Waals surface area contributed by atoms with Crippen molar-refractivity contribution in [3.63, 3.8) is 0 Å². The van der Waals surface area contributed by atoms with Gasteiger partial charge in [0.25, 0.3) is 0 Å². The number of ether oxygens (including phenoxy) is 1. The third-order valence-electron chi connectivity index (χ3n) is 3.33. The van der Waals surface area contributed by atoms with Crippen molar-refractivity contribution < 1.29 is 4.74 Å².